The number of imidazole rings is 1. The number of aliphatic carboxylic acids is 2. The van der Waals surface area contributed by atoms with E-state index in [0.29, 0.717) is 6.04 Å². The summed E-state index contributed by atoms with van der Waals surface area (Å²) in [4.78, 5) is 35.5. The SMILES string of the molecule is Cc1nccn1C(C)CN1CCN(c2ncccn2)CC1.O=C(O)C(F)(F)F.O=C(O)C(F)(F)F. The fraction of sp³-hybridized carbons (Fsp3) is 0.526. The molecule has 1 fully saturated rings. The van der Waals surface area contributed by atoms with E-state index in [9.17, 15) is 26.3 Å². The first-order chi connectivity index (χ1) is 16.1. The van der Waals surface area contributed by atoms with Crippen LogP contribution in [0.1, 0.15) is 18.8 Å². The van der Waals surface area contributed by atoms with Gasteiger partial charge in [-0.2, -0.15) is 26.3 Å². The Morgan fingerprint density at radius 1 is 0.914 bits per heavy atom. The van der Waals surface area contributed by atoms with E-state index in [1.165, 1.54) is 0 Å². The summed E-state index contributed by atoms with van der Waals surface area (Å²) >= 11 is 0. The van der Waals surface area contributed by atoms with Crippen molar-refractivity contribution >= 4 is 17.9 Å². The average molecular weight is 514 g/mol. The standard InChI is InChI=1S/C15H22N6.2C2HF3O2/c1-13(21-7-6-16-14(21)2)12-19-8-10-20(11-9-19)15-17-4-3-5-18-15;2*3-2(4,5)1(6)7/h3-7,13H,8-12H2,1-2H3;2*(H,6,7). The first-order valence-corrected chi connectivity index (χ1v) is 9.97. The van der Waals surface area contributed by atoms with Crippen LogP contribution in [0.4, 0.5) is 32.3 Å². The number of anilines is 1. The predicted molar refractivity (Wildman–Crippen MR) is 110 cm³/mol. The molecule has 1 atom stereocenters. The van der Waals surface area contributed by atoms with Gasteiger partial charge in [-0.3, -0.25) is 4.90 Å². The van der Waals surface area contributed by atoms with Crippen LogP contribution in [0.3, 0.4) is 0 Å². The van der Waals surface area contributed by atoms with E-state index in [4.69, 9.17) is 19.8 Å². The number of carbonyl (C=O) groups is 2. The highest BCUT2D eigenvalue weighted by molar-refractivity contribution is 5.73. The molecule has 1 unspecified atom stereocenters. The van der Waals surface area contributed by atoms with Gasteiger partial charge < -0.3 is 19.7 Å². The fourth-order valence-corrected chi connectivity index (χ4v) is 2.90. The Hall–Kier alpha value is -3.43. The molecule has 0 radical (unpaired) electrons. The quantitative estimate of drug-likeness (QED) is 0.593. The Morgan fingerprint density at radius 2 is 1.37 bits per heavy atom. The third kappa shape index (κ3) is 10.6. The predicted octanol–water partition coefficient (Wildman–Crippen LogP) is 2.63. The smallest absolute Gasteiger partial charge is 0.475 e. The molecule has 2 N–H and O–H groups in total. The highest BCUT2D eigenvalue weighted by Crippen LogP contribution is 2.15. The monoisotopic (exact) mass is 514 g/mol. The molecule has 1 saturated heterocycles. The Bertz CT molecular complexity index is 906. The Kier molecular flexibility index (Phi) is 10.9. The highest BCUT2D eigenvalue weighted by atomic mass is 19.4. The van der Waals surface area contributed by atoms with Crippen LogP contribution >= 0.6 is 0 Å². The largest absolute Gasteiger partial charge is 0.490 e. The summed E-state index contributed by atoms with van der Waals surface area (Å²) in [6.45, 7) is 9.44. The van der Waals surface area contributed by atoms with Gasteiger partial charge in [0.05, 0.1) is 0 Å². The lowest BCUT2D eigenvalue weighted by atomic mass is 10.2. The number of halogens is 6. The molecular weight excluding hydrogens is 490 g/mol. The molecule has 2 aromatic heterocycles. The maximum atomic E-state index is 10.6. The number of hydrogen-bond donors (Lipinski definition) is 2. The van der Waals surface area contributed by atoms with Crippen LogP contribution in [0.15, 0.2) is 30.9 Å². The average Bonchev–Trinajstić information content (AvgIpc) is 3.20. The van der Waals surface area contributed by atoms with Crippen molar-refractivity contribution in [3.63, 3.8) is 0 Å². The summed E-state index contributed by atoms with van der Waals surface area (Å²) < 4.78 is 65.7. The molecule has 2 aromatic rings. The molecule has 16 heteroatoms. The van der Waals surface area contributed by atoms with Gasteiger partial charge in [0, 0.05) is 63.6 Å². The third-order valence-electron chi connectivity index (χ3n) is 4.55. The van der Waals surface area contributed by atoms with Crippen molar-refractivity contribution in [2.45, 2.75) is 32.2 Å². The summed E-state index contributed by atoms with van der Waals surface area (Å²) in [5.41, 5.74) is 0. The van der Waals surface area contributed by atoms with Gasteiger partial charge in [-0.1, -0.05) is 0 Å². The van der Waals surface area contributed by atoms with Gasteiger partial charge in [0.1, 0.15) is 5.82 Å². The lowest BCUT2D eigenvalue weighted by Gasteiger charge is -2.36. The van der Waals surface area contributed by atoms with Crippen LogP contribution in [0.2, 0.25) is 0 Å². The lowest BCUT2D eigenvalue weighted by molar-refractivity contribution is -0.193. The van der Waals surface area contributed by atoms with Crippen molar-refractivity contribution in [3.8, 4) is 0 Å². The highest BCUT2D eigenvalue weighted by Gasteiger charge is 2.38. The molecule has 0 aliphatic carbocycles. The normalized spacial score (nSPS) is 15.3. The molecule has 1 aliphatic heterocycles. The molecule has 1 aliphatic rings. The Morgan fingerprint density at radius 3 is 1.74 bits per heavy atom. The van der Waals surface area contributed by atoms with Gasteiger partial charge >= 0.3 is 24.3 Å². The maximum absolute atomic E-state index is 10.6. The summed E-state index contributed by atoms with van der Waals surface area (Å²) in [6, 6.07) is 2.31. The van der Waals surface area contributed by atoms with E-state index in [0.717, 1.165) is 44.5 Å². The number of aryl methyl sites for hydroxylation is 1. The number of hydrogen-bond acceptors (Lipinski definition) is 7. The number of carboxylic acid groups (broad SMARTS) is 2. The zero-order chi connectivity index (χ0) is 26.8. The molecule has 3 rings (SSSR count). The summed E-state index contributed by atoms with van der Waals surface area (Å²) in [5, 5.41) is 14.2. The van der Waals surface area contributed by atoms with Gasteiger partial charge in [0.25, 0.3) is 0 Å². The van der Waals surface area contributed by atoms with Gasteiger partial charge in [0.15, 0.2) is 0 Å². The van der Waals surface area contributed by atoms with Crippen molar-refractivity contribution in [1.82, 2.24) is 24.4 Å². The van der Waals surface area contributed by atoms with Gasteiger partial charge in [-0.25, -0.2) is 24.5 Å². The molecule has 0 saturated carbocycles. The molecule has 0 bridgehead atoms. The summed E-state index contributed by atoms with van der Waals surface area (Å²) in [5.74, 6) is -3.59. The Balaban J connectivity index is 0.000000362. The van der Waals surface area contributed by atoms with Crippen molar-refractivity contribution < 1.29 is 46.1 Å². The molecule has 0 amide bonds. The van der Waals surface area contributed by atoms with E-state index in [-0.39, 0.29) is 0 Å². The van der Waals surface area contributed by atoms with E-state index >= 15 is 0 Å². The van der Waals surface area contributed by atoms with Crippen molar-refractivity contribution in [2.24, 2.45) is 0 Å². The molecule has 0 spiro atoms. The van der Waals surface area contributed by atoms with Crippen LogP contribution < -0.4 is 4.90 Å². The fourth-order valence-electron chi connectivity index (χ4n) is 2.90. The first-order valence-electron chi connectivity index (χ1n) is 9.97. The second-order valence-electron chi connectivity index (χ2n) is 7.17. The molecule has 35 heavy (non-hydrogen) atoms. The van der Waals surface area contributed by atoms with Crippen molar-refractivity contribution in [1.29, 1.82) is 0 Å². The van der Waals surface area contributed by atoms with Crippen LogP contribution in [-0.2, 0) is 9.59 Å². The zero-order valence-electron chi connectivity index (χ0n) is 18.7. The zero-order valence-corrected chi connectivity index (χ0v) is 18.7. The van der Waals surface area contributed by atoms with Crippen LogP contribution in [-0.4, -0.2) is 91.6 Å². The van der Waals surface area contributed by atoms with Crippen LogP contribution in [0.25, 0.3) is 0 Å². The van der Waals surface area contributed by atoms with E-state index in [2.05, 4.69) is 49.4 Å². The molecular formula is C19H24F6N6O4. The van der Waals surface area contributed by atoms with Crippen molar-refractivity contribution in [3.05, 3.63) is 36.7 Å². The Labute approximate surface area is 195 Å². The third-order valence-corrected chi connectivity index (χ3v) is 4.55. The second kappa shape index (κ2) is 12.9. The number of nitrogens with zero attached hydrogens (tertiary/aromatic N) is 6. The van der Waals surface area contributed by atoms with Gasteiger partial charge in [-0.05, 0) is 19.9 Å². The molecule has 10 nitrogen and oxygen atoms in total. The maximum Gasteiger partial charge on any atom is 0.490 e. The topological polar surface area (TPSA) is 125 Å². The minimum atomic E-state index is -5.08. The van der Waals surface area contributed by atoms with Gasteiger partial charge in [0.2, 0.25) is 5.95 Å². The van der Waals surface area contributed by atoms with E-state index in [1.807, 2.05) is 12.3 Å². The number of carboxylic acids is 2. The molecule has 3 heterocycles. The first kappa shape index (κ1) is 29.6. The number of aromatic nitrogens is 4. The van der Waals surface area contributed by atoms with E-state index < -0.39 is 24.3 Å². The van der Waals surface area contributed by atoms with Crippen LogP contribution in [0, 0.1) is 6.92 Å². The lowest BCUT2D eigenvalue weighted by Crippen LogP contribution is -2.48. The molecule has 196 valence electrons. The van der Waals surface area contributed by atoms with Crippen molar-refractivity contribution in [2.75, 3.05) is 37.6 Å². The summed E-state index contributed by atoms with van der Waals surface area (Å²) in [7, 11) is 0. The minimum absolute atomic E-state index is 0.451. The van der Waals surface area contributed by atoms with Crippen LogP contribution in [0.5, 0.6) is 0 Å². The molecule has 0 aromatic carbocycles. The minimum Gasteiger partial charge on any atom is -0.475 e. The number of piperazine rings is 1. The van der Waals surface area contributed by atoms with E-state index in [1.54, 1.807) is 12.4 Å². The second-order valence-corrected chi connectivity index (χ2v) is 7.17. The number of rotatable bonds is 4. The summed E-state index contributed by atoms with van der Waals surface area (Å²) in [6.07, 6.45) is -2.62. The number of alkyl halides is 6. The van der Waals surface area contributed by atoms with Gasteiger partial charge in [-0.15, -0.1) is 0 Å².